The molecule has 2 aromatic rings. The van der Waals surface area contributed by atoms with Gasteiger partial charge in [-0.1, -0.05) is 35.9 Å². The van der Waals surface area contributed by atoms with Crippen molar-refractivity contribution in [3.8, 4) is 5.75 Å². The molecular formula is C19H22ClNO2S. The molecule has 0 aliphatic rings. The highest BCUT2D eigenvalue weighted by Gasteiger charge is 2.02. The molecule has 0 heterocycles. The topological polar surface area (TPSA) is 38.3 Å². The van der Waals surface area contributed by atoms with Crippen LogP contribution in [0.15, 0.2) is 48.5 Å². The molecule has 3 nitrogen and oxygen atoms in total. The maximum atomic E-state index is 11.8. The molecule has 0 radical (unpaired) electrons. The maximum absolute atomic E-state index is 11.8. The third kappa shape index (κ3) is 6.85. The number of carbonyl (C=O) groups is 1. The normalized spacial score (nSPS) is 10.4. The van der Waals surface area contributed by atoms with Crippen molar-refractivity contribution in [2.24, 2.45) is 0 Å². The number of nitrogens with one attached hydrogen (secondary N) is 1. The first kappa shape index (κ1) is 18.7. The number of hydrogen-bond donors (Lipinski definition) is 1. The van der Waals surface area contributed by atoms with Crippen LogP contribution in [0.4, 0.5) is 0 Å². The number of methoxy groups -OCH3 is 1. The van der Waals surface area contributed by atoms with Crippen LogP contribution >= 0.6 is 23.4 Å². The third-order valence-electron chi connectivity index (χ3n) is 3.54. The zero-order chi connectivity index (χ0) is 17.2. The van der Waals surface area contributed by atoms with E-state index < -0.39 is 0 Å². The standard InChI is InChI=1S/C19H22ClNO2S/c1-23-18-10-6-16(7-11-18)13-24-14-19(22)21-12-2-3-15-4-8-17(20)9-5-15/h4-11H,2-3,12-14H2,1H3,(H,21,22). The number of halogens is 1. The predicted octanol–water partition coefficient (Wildman–Crippen LogP) is 4.33. The second kappa shape index (κ2) is 10.3. The van der Waals surface area contributed by atoms with Crippen LogP contribution < -0.4 is 10.1 Å². The second-order valence-corrected chi connectivity index (χ2v) is 6.84. The Morgan fingerprint density at radius 2 is 1.75 bits per heavy atom. The van der Waals surface area contributed by atoms with E-state index in [1.165, 1.54) is 11.1 Å². The summed E-state index contributed by atoms with van der Waals surface area (Å²) in [4.78, 5) is 11.8. The fourth-order valence-corrected chi connectivity index (χ4v) is 3.15. The van der Waals surface area contributed by atoms with Crippen molar-refractivity contribution in [1.82, 2.24) is 5.32 Å². The first-order valence-corrected chi connectivity index (χ1v) is 9.42. The minimum Gasteiger partial charge on any atom is -0.497 e. The van der Waals surface area contributed by atoms with E-state index >= 15 is 0 Å². The average Bonchev–Trinajstić information content (AvgIpc) is 2.61. The summed E-state index contributed by atoms with van der Waals surface area (Å²) in [5.41, 5.74) is 2.43. The Morgan fingerprint density at radius 3 is 2.42 bits per heavy atom. The Labute approximate surface area is 152 Å². The number of carbonyl (C=O) groups excluding carboxylic acids is 1. The summed E-state index contributed by atoms with van der Waals surface area (Å²) in [5.74, 6) is 2.24. The molecule has 0 saturated carbocycles. The Hall–Kier alpha value is -1.65. The van der Waals surface area contributed by atoms with Crippen molar-refractivity contribution in [1.29, 1.82) is 0 Å². The van der Waals surface area contributed by atoms with Crippen molar-refractivity contribution in [2.75, 3.05) is 19.4 Å². The van der Waals surface area contributed by atoms with E-state index in [1.807, 2.05) is 48.5 Å². The number of thioether (sulfide) groups is 1. The smallest absolute Gasteiger partial charge is 0.230 e. The lowest BCUT2D eigenvalue weighted by molar-refractivity contribution is -0.118. The highest BCUT2D eigenvalue weighted by Crippen LogP contribution is 2.16. The zero-order valence-corrected chi connectivity index (χ0v) is 15.3. The summed E-state index contributed by atoms with van der Waals surface area (Å²) in [6, 6.07) is 15.8. The predicted molar refractivity (Wildman–Crippen MR) is 102 cm³/mol. The van der Waals surface area contributed by atoms with E-state index in [4.69, 9.17) is 16.3 Å². The summed E-state index contributed by atoms with van der Waals surface area (Å²) in [5, 5.41) is 3.71. The summed E-state index contributed by atoms with van der Waals surface area (Å²) < 4.78 is 5.13. The van der Waals surface area contributed by atoms with Crippen LogP contribution in [0.2, 0.25) is 5.02 Å². The van der Waals surface area contributed by atoms with E-state index in [9.17, 15) is 4.79 Å². The molecule has 0 saturated heterocycles. The van der Waals surface area contributed by atoms with E-state index in [1.54, 1.807) is 18.9 Å². The van der Waals surface area contributed by atoms with Gasteiger partial charge < -0.3 is 10.1 Å². The summed E-state index contributed by atoms with van der Waals surface area (Å²) in [6.07, 6.45) is 1.87. The van der Waals surface area contributed by atoms with E-state index in [0.717, 1.165) is 29.4 Å². The Bertz CT molecular complexity index is 629. The third-order valence-corrected chi connectivity index (χ3v) is 4.79. The molecule has 5 heteroatoms. The van der Waals surface area contributed by atoms with Crippen LogP contribution in [0.1, 0.15) is 17.5 Å². The number of ether oxygens (including phenoxy) is 1. The van der Waals surface area contributed by atoms with Crippen molar-refractivity contribution < 1.29 is 9.53 Å². The minimum absolute atomic E-state index is 0.0876. The van der Waals surface area contributed by atoms with Crippen molar-refractivity contribution in [2.45, 2.75) is 18.6 Å². The number of amides is 1. The monoisotopic (exact) mass is 363 g/mol. The number of benzene rings is 2. The van der Waals surface area contributed by atoms with Gasteiger partial charge in [0.05, 0.1) is 12.9 Å². The van der Waals surface area contributed by atoms with Gasteiger partial charge in [0.2, 0.25) is 5.91 Å². The summed E-state index contributed by atoms with van der Waals surface area (Å²) in [6.45, 7) is 0.699. The molecular weight excluding hydrogens is 342 g/mol. The van der Waals surface area contributed by atoms with Gasteiger partial charge in [0.1, 0.15) is 5.75 Å². The van der Waals surface area contributed by atoms with Crippen molar-refractivity contribution in [3.63, 3.8) is 0 Å². The first-order valence-electron chi connectivity index (χ1n) is 7.89. The molecule has 2 aromatic carbocycles. The van der Waals surface area contributed by atoms with Crippen LogP contribution in [-0.4, -0.2) is 25.3 Å². The Balaban J connectivity index is 1.56. The van der Waals surface area contributed by atoms with Gasteiger partial charge in [-0.3, -0.25) is 4.79 Å². The first-order chi connectivity index (χ1) is 11.7. The van der Waals surface area contributed by atoms with Gasteiger partial charge in [-0.25, -0.2) is 0 Å². The minimum atomic E-state index is 0.0876. The summed E-state index contributed by atoms with van der Waals surface area (Å²) in [7, 11) is 1.65. The molecule has 1 N–H and O–H groups in total. The lowest BCUT2D eigenvalue weighted by atomic mass is 10.1. The quantitative estimate of drug-likeness (QED) is 0.674. The molecule has 0 aliphatic heterocycles. The number of hydrogen-bond acceptors (Lipinski definition) is 3. The van der Waals surface area contributed by atoms with Gasteiger partial charge in [0.25, 0.3) is 0 Å². The SMILES string of the molecule is COc1ccc(CSCC(=O)NCCCc2ccc(Cl)cc2)cc1. The van der Waals surface area contributed by atoms with Gasteiger partial charge >= 0.3 is 0 Å². The molecule has 0 fully saturated rings. The number of aryl methyl sites for hydroxylation is 1. The zero-order valence-electron chi connectivity index (χ0n) is 13.8. The fraction of sp³-hybridized carbons (Fsp3) is 0.316. The molecule has 0 aromatic heterocycles. The van der Waals surface area contributed by atoms with E-state index in [2.05, 4.69) is 5.32 Å². The van der Waals surface area contributed by atoms with Gasteiger partial charge in [0, 0.05) is 17.3 Å². The van der Waals surface area contributed by atoms with Crippen molar-refractivity contribution >= 4 is 29.3 Å². The van der Waals surface area contributed by atoms with Gasteiger partial charge in [0.15, 0.2) is 0 Å². The molecule has 2 rings (SSSR count). The fourth-order valence-electron chi connectivity index (χ4n) is 2.21. The van der Waals surface area contributed by atoms with E-state index in [-0.39, 0.29) is 5.91 Å². The highest BCUT2D eigenvalue weighted by molar-refractivity contribution is 7.99. The molecule has 24 heavy (non-hydrogen) atoms. The molecule has 0 aliphatic carbocycles. The molecule has 0 spiro atoms. The number of rotatable bonds is 9. The lowest BCUT2D eigenvalue weighted by Gasteiger charge is -2.06. The lowest BCUT2D eigenvalue weighted by Crippen LogP contribution is -2.26. The maximum Gasteiger partial charge on any atom is 0.230 e. The van der Waals surface area contributed by atoms with Gasteiger partial charge in [-0.05, 0) is 48.2 Å². The van der Waals surface area contributed by atoms with Crippen molar-refractivity contribution in [3.05, 3.63) is 64.7 Å². The Kier molecular flexibility index (Phi) is 7.99. The summed E-state index contributed by atoms with van der Waals surface area (Å²) >= 11 is 7.47. The molecule has 128 valence electrons. The second-order valence-electron chi connectivity index (χ2n) is 5.42. The molecule has 0 bridgehead atoms. The van der Waals surface area contributed by atoms with Gasteiger partial charge in [-0.15, -0.1) is 11.8 Å². The largest absolute Gasteiger partial charge is 0.497 e. The van der Waals surface area contributed by atoms with Crippen LogP contribution in [0.5, 0.6) is 5.75 Å². The van der Waals surface area contributed by atoms with Crippen LogP contribution in [-0.2, 0) is 17.0 Å². The van der Waals surface area contributed by atoms with Crippen LogP contribution in [0, 0.1) is 0 Å². The molecule has 1 amide bonds. The van der Waals surface area contributed by atoms with Crippen LogP contribution in [0.25, 0.3) is 0 Å². The average molecular weight is 364 g/mol. The molecule has 0 atom stereocenters. The van der Waals surface area contributed by atoms with E-state index in [0.29, 0.717) is 12.3 Å². The highest BCUT2D eigenvalue weighted by atomic mass is 35.5. The van der Waals surface area contributed by atoms with Crippen LogP contribution in [0.3, 0.4) is 0 Å². The Morgan fingerprint density at radius 1 is 1.08 bits per heavy atom. The molecule has 0 unspecified atom stereocenters. The van der Waals surface area contributed by atoms with Gasteiger partial charge in [-0.2, -0.15) is 0 Å².